The standard InChI is InChI=1S/C18H23NO4/c1-19-7-6-10-4-5-14-16(17(10)19)11-9-15(21-2)13(20)8-12(11)18(22-3)23-14/h4,8-9,14,16-18,20H,5-7H2,1-3H3. The van der Waals surface area contributed by atoms with Crippen molar-refractivity contribution < 1.29 is 19.3 Å². The Morgan fingerprint density at radius 1 is 1.26 bits per heavy atom. The maximum atomic E-state index is 10.2. The SMILES string of the molecule is COc1cc2c(cc1O)C(OC)OC1CC=C3CCN(C)C3C21. The number of methoxy groups -OCH3 is 2. The molecule has 0 saturated carbocycles. The molecule has 1 aliphatic carbocycles. The number of likely N-dealkylation sites (N-methyl/N-ethyl adjacent to an activating group) is 1. The minimum Gasteiger partial charge on any atom is -0.504 e. The molecule has 2 heterocycles. The number of likely N-dealkylation sites (tertiary alicyclic amines) is 1. The largest absolute Gasteiger partial charge is 0.504 e. The Labute approximate surface area is 136 Å². The molecule has 4 unspecified atom stereocenters. The third-order valence-corrected chi connectivity index (χ3v) is 5.47. The molecular weight excluding hydrogens is 294 g/mol. The zero-order valence-electron chi connectivity index (χ0n) is 13.8. The highest BCUT2D eigenvalue weighted by Crippen LogP contribution is 2.50. The van der Waals surface area contributed by atoms with Gasteiger partial charge in [-0.2, -0.15) is 0 Å². The molecule has 1 aromatic rings. The average molecular weight is 317 g/mol. The summed E-state index contributed by atoms with van der Waals surface area (Å²) in [7, 11) is 5.40. The fraction of sp³-hybridized carbons (Fsp3) is 0.556. The molecule has 1 aromatic carbocycles. The van der Waals surface area contributed by atoms with Crippen LogP contribution in [0.3, 0.4) is 0 Å². The number of phenols is 1. The van der Waals surface area contributed by atoms with Gasteiger partial charge in [-0.05, 0) is 37.6 Å². The molecule has 0 amide bonds. The molecule has 4 rings (SSSR count). The molecule has 23 heavy (non-hydrogen) atoms. The summed E-state index contributed by atoms with van der Waals surface area (Å²) in [4.78, 5) is 2.41. The van der Waals surface area contributed by atoms with Crippen molar-refractivity contribution in [3.8, 4) is 11.5 Å². The van der Waals surface area contributed by atoms with E-state index in [1.807, 2.05) is 6.07 Å². The van der Waals surface area contributed by atoms with Gasteiger partial charge in [0, 0.05) is 31.2 Å². The molecule has 1 saturated heterocycles. The minimum atomic E-state index is -0.440. The van der Waals surface area contributed by atoms with Crippen molar-refractivity contribution in [1.82, 2.24) is 4.90 Å². The van der Waals surface area contributed by atoms with E-state index in [1.54, 1.807) is 20.3 Å². The van der Waals surface area contributed by atoms with Gasteiger partial charge in [-0.25, -0.2) is 0 Å². The first-order valence-corrected chi connectivity index (χ1v) is 8.12. The molecule has 1 N–H and O–H groups in total. The van der Waals surface area contributed by atoms with Crippen LogP contribution in [0, 0.1) is 0 Å². The summed E-state index contributed by atoms with van der Waals surface area (Å²) in [6, 6.07) is 4.05. The highest BCUT2D eigenvalue weighted by Gasteiger charge is 2.46. The van der Waals surface area contributed by atoms with Crippen LogP contribution in [0.1, 0.15) is 36.2 Å². The van der Waals surface area contributed by atoms with Crippen molar-refractivity contribution in [3.63, 3.8) is 0 Å². The molecule has 0 spiro atoms. The lowest BCUT2D eigenvalue weighted by Crippen LogP contribution is -2.45. The van der Waals surface area contributed by atoms with Crippen LogP contribution in [0.5, 0.6) is 11.5 Å². The molecule has 0 aromatic heterocycles. The predicted octanol–water partition coefficient (Wildman–Crippen LogP) is 2.56. The van der Waals surface area contributed by atoms with E-state index in [4.69, 9.17) is 14.2 Å². The third-order valence-electron chi connectivity index (χ3n) is 5.47. The van der Waals surface area contributed by atoms with E-state index in [1.165, 1.54) is 11.1 Å². The smallest absolute Gasteiger partial charge is 0.184 e. The van der Waals surface area contributed by atoms with Gasteiger partial charge >= 0.3 is 0 Å². The molecule has 2 aliphatic heterocycles. The zero-order valence-corrected chi connectivity index (χ0v) is 13.8. The van der Waals surface area contributed by atoms with E-state index < -0.39 is 6.29 Å². The van der Waals surface area contributed by atoms with E-state index in [2.05, 4.69) is 18.0 Å². The minimum absolute atomic E-state index is 0.0935. The summed E-state index contributed by atoms with van der Waals surface area (Å²) >= 11 is 0. The lowest BCUT2D eigenvalue weighted by Gasteiger charge is -2.44. The van der Waals surface area contributed by atoms with Gasteiger partial charge in [-0.3, -0.25) is 4.90 Å². The molecule has 4 atom stereocenters. The second-order valence-corrected chi connectivity index (χ2v) is 6.61. The van der Waals surface area contributed by atoms with Crippen LogP contribution in [0.2, 0.25) is 0 Å². The van der Waals surface area contributed by atoms with E-state index in [9.17, 15) is 5.11 Å². The Bertz CT molecular complexity index is 657. The number of aromatic hydroxyl groups is 1. The number of nitrogens with zero attached hydrogens (tertiary/aromatic N) is 1. The fourth-order valence-electron chi connectivity index (χ4n) is 4.40. The van der Waals surface area contributed by atoms with Crippen LogP contribution in [0.4, 0.5) is 0 Å². The lowest BCUT2D eigenvalue weighted by molar-refractivity contribution is -0.179. The molecule has 5 nitrogen and oxygen atoms in total. The quantitative estimate of drug-likeness (QED) is 0.850. The second-order valence-electron chi connectivity index (χ2n) is 6.61. The highest BCUT2D eigenvalue weighted by molar-refractivity contribution is 5.51. The monoisotopic (exact) mass is 317 g/mol. The van der Waals surface area contributed by atoms with Crippen molar-refractivity contribution in [2.24, 2.45) is 0 Å². The van der Waals surface area contributed by atoms with Gasteiger partial charge in [0.25, 0.3) is 0 Å². The van der Waals surface area contributed by atoms with Gasteiger partial charge in [0.2, 0.25) is 0 Å². The Kier molecular flexibility index (Phi) is 3.59. The Balaban J connectivity index is 1.86. The summed E-state index contributed by atoms with van der Waals surface area (Å²) in [5, 5.41) is 10.2. The summed E-state index contributed by atoms with van der Waals surface area (Å²) in [6.07, 6.45) is 4.03. The zero-order chi connectivity index (χ0) is 16.1. The lowest BCUT2D eigenvalue weighted by atomic mass is 9.74. The molecule has 0 bridgehead atoms. The number of phenolic OH excluding ortho intramolecular Hbond substituents is 1. The number of benzene rings is 1. The summed E-state index contributed by atoms with van der Waals surface area (Å²) < 4.78 is 17.1. The van der Waals surface area contributed by atoms with Gasteiger partial charge in [-0.15, -0.1) is 0 Å². The average Bonchev–Trinajstić information content (AvgIpc) is 2.94. The van der Waals surface area contributed by atoms with E-state index in [-0.39, 0.29) is 17.8 Å². The van der Waals surface area contributed by atoms with Gasteiger partial charge in [-0.1, -0.05) is 11.6 Å². The van der Waals surface area contributed by atoms with Gasteiger partial charge in [0.15, 0.2) is 17.8 Å². The van der Waals surface area contributed by atoms with Crippen LogP contribution in [-0.4, -0.2) is 50.0 Å². The molecule has 3 aliphatic rings. The van der Waals surface area contributed by atoms with Crippen molar-refractivity contribution in [1.29, 1.82) is 0 Å². The fourth-order valence-corrected chi connectivity index (χ4v) is 4.40. The molecule has 5 heteroatoms. The van der Waals surface area contributed by atoms with E-state index in [0.29, 0.717) is 11.8 Å². The van der Waals surface area contributed by atoms with Crippen molar-refractivity contribution in [3.05, 3.63) is 34.9 Å². The number of rotatable bonds is 2. The van der Waals surface area contributed by atoms with E-state index in [0.717, 1.165) is 24.9 Å². The van der Waals surface area contributed by atoms with Crippen LogP contribution in [0.15, 0.2) is 23.8 Å². The van der Waals surface area contributed by atoms with Gasteiger partial charge in [0.1, 0.15) is 0 Å². The number of hydrogen-bond donors (Lipinski definition) is 1. The van der Waals surface area contributed by atoms with Gasteiger partial charge < -0.3 is 19.3 Å². The Hall–Kier alpha value is -1.56. The second kappa shape index (κ2) is 5.51. The van der Waals surface area contributed by atoms with Gasteiger partial charge in [0.05, 0.1) is 13.2 Å². The number of fused-ring (bicyclic) bond motifs is 5. The van der Waals surface area contributed by atoms with Crippen molar-refractivity contribution in [2.75, 3.05) is 27.8 Å². The van der Waals surface area contributed by atoms with Crippen molar-refractivity contribution in [2.45, 2.75) is 37.2 Å². The summed E-state index contributed by atoms with van der Waals surface area (Å²) in [5.74, 6) is 0.885. The van der Waals surface area contributed by atoms with Crippen LogP contribution < -0.4 is 4.74 Å². The molecular formula is C18H23NO4. The maximum Gasteiger partial charge on any atom is 0.184 e. The molecule has 0 radical (unpaired) electrons. The molecule has 1 fully saturated rings. The first kappa shape index (κ1) is 15.0. The van der Waals surface area contributed by atoms with Crippen LogP contribution >= 0.6 is 0 Å². The van der Waals surface area contributed by atoms with Crippen molar-refractivity contribution >= 4 is 0 Å². The van der Waals surface area contributed by atoms with Crippen LogP contribution in [-0.2, 0) is 9.47 Å². The van der Waals surface area contributed by atoms with E-state index >= 15 is 0 Å². The Morgan fingerprint density at radius 2 is 2.09 bits per heavy atom. The third kappa shape index (κ3) is 2.18. The normalized spacial score (nSPS) is 32.7. The first-order chi connectivity index (χ1) is 11.1. The predicted molar refractivity (Wildman–Crippen MR) is 85.8 cm³/mol. The number of ether oxygens (including phenoxy) is 3. The first-order valence-electron chi connectivity index (χ1n) is 8.12. The highest BCUT2D eigenvalue weighted by atomic mass is 16.7. The Morgan fingerprint density at radius 3 is 2.83 bits per heavy atom. The summed E-state index contributed by atoms with van der Waals surface area (Å²) in [5.41, 5.74) is 3.59. The summed E-state index contributed by atoms with van der Waals surface area (Å²) in [6.45, 7) is 1.08. The maximum absolute atomic E-state index is 10.2. The number of hydrogen-bond acceptors (Lipinski definition) is 5. The topological polar surface area (TPSA) is 51.2 Å². The molecule has 124 valence electrons. The van der Waals surface area contributed by atoms with Crippen LogP contribution in [0.25, 0.3) is 0 Å².